The van der Waals surface area contributed by atoms with Gasteiger partial charge in [-0.25, -0.2) is 4.98 Å². The van der Waals surface area contributed by atoms with Crippen molar-refractivity contribution in [3.63, 3.8) is 0 Å². The highest BCUT2D eigenvalue weighted by Crippen LogP contribution is 2.25. The highest BCUT2D eigenvalue weighted by Gasteiger charge is 2.27. The predicted octanol–water partition coefficient (Wildman–Crippen LogP) is 3.56. The van der Waals surface area contributed by atoms with Gasteiger partial charge in [-0.1, -0.05) is 23.9 Å². The first-order chi connectivity index (χ1) is 13.3. The number of hydrogen-bond acceptors (Lipinski definition) is 5. The number of methoxy groups -OCH3 is 1. The Kier molecular flexibility index (Phi) is 8.07. The first-order valence-electron chi connectivity index (χ1n) is 9.75. The third kappa shape index (κ3) is 5.14. The molecule has 6 nitrogen and oxygen atoms in total. The molecular formula is C21H31N3O3S. The number of carbonyl (C=O) groups excluding carboxylic acids is 1. The Morgan fingerprint density at radius 2 is 1.82 bits per heavy atom. The molecule has 0 aliphatic heterocycles. The largest absolute Gasteiger partial charge is 0.385 e. The van der Waals surface area contributed by atoms with Gasteiger partial charge in [0.25, 0.3) is 5.56 Å². The van der Waals surface area contributed by atoms with Crippen LogP contribution in [0.3, 0.4) is 0 Å². The van der Waals surface area contributed by atoms with Gasteiger partial charge in [0.05, 0.1) is 16.2 Å². The quantitative estimate of drug-likeness (QED) is 0.363. The summed E-state index contributed by atoms with van der Waals surface area (Å²) in [6.07, 6.45) is 0.705. The zero-order valence-corrected chi connectivity index (χ0v) is 18.5. The maximum absolute atomic E-state index is 13.0. The van der Waals surface area contributed by atoms with Crippen molar-refractivity contribution in [2.45, 2.75) is 70.1 Å². The average Bonchev–Trinajstić information content (AvgIpc) is 2.63. The second kappa shape index (κ2) is 10.1. The van der Waals surface area contributed by atoms with Crippen LogP contribution in [0.15, 0.2) is 34.2 Å². The molecule has 1 aromatic carbocycles. The SMILES string of the molecule is COCCCn1c(SC(C)C(=O)N(C(C)C)C(C)C)nc2ccccc2c1=O. The van der Waals surface area contributed by atoms with Gasteiger partial charge < -0.3 is 9.64 Å². The summed E-state index contributed by atoms with van der Waals surface area (Å²) in [4.78, 5) is 32.6. The van der Waals surface area contributed by atoms with Crippen molar-refractivity contribution >= 4 is 28.6 Å². The van der Waals surface area contributed by atoms with Crippen LogP contribution in [0.1, 0.15) is 41.0 Å². The maximum atomic E-state index is 13.0. The number of hydrogen-bond donors (Lipinski definition) is 0. The van der Waals surface area contributed by atoms with Crippen LogP contribution in [0.25, 0.3) is 10.9 Å². The van der Waals surface area contributed by atoms with E-state index in [1.807, 2.05) is 57.7 Å². The molecule has 1 aromatic heterocycles. The van der Waals surface area contributed by atoms with Crippen LogP contribution >= 0.6 is 11.8 Å². The van der Waals surface area contributed by atoms with Gasteiger partial charge >= 0.3 is 0 Å². The number of ether oxygens (including phenoxy) is 1. The molecule has 7 heteroatoms. The maximum Gasteiger partial charge on any atom is 0.262 e. The standard InChI is InChI=1S/C21H31N3O3S/c1-14(2)24(15(3)4)19(25)16(5)28-21-22-18-11-8-7-10-17(18)20(26)23(21)12-9-13-27-6/h7-8,10-11,14-16H,9,12-13H2,1-6H3. The summed E-state index contributed by atoms with van der Waals surface area (Å²) in [5.41, 5.74) is 0.579. The minimum atomic E-state index is -0.341. The lowest BCUT2D eigenvalue weighted by molar-refractivity contribution is -0.133. The van der Waals surface area contributed by atoms with Gasteiger partial charge in [0.15, 0.2) is 5.16 Å². The summed E-state index contributed by atoms with van der Waals surface area (Å²) in [5.74, 6) is 0.0563. The van der Waals surface area contributed by atoms with Gasteiger partial charge in [0.2, 0.25) is 5.91 Å². The molecule has 0 radical (unpaired) electrons. The first-order valence-corrected chi connectivity index (χ1v) is 10.6. The van der Waals surface area contributed by atoms with E-state index in [2.05, 4.69) is 0 Å². The smallest absolute Gasteiger partial charge is 0.262 e. The van der Waals surface area contributed by atoms with E-state index >= 15 is 0 Å². The molecule has 2 rings (SSSR count). The lowest BCUT2D eigenvalue weighted by Crippen LogP contribution is -2.45. The fourth-order valence-electron chi connectivity index (χ4n) is 3.33. The van der Waals surface area contributed by atoms with E-state index in [-0.39, 0.29) is 28.8 Å². The fourth-order valence-corrected chi connectivity index (χ4v) is 4.32. The van der Waals surface area contributed by atoms with E-state index in [9.17, 15) is 9.59 Å². The Bertz CT molecular complexity index is 856. The van der Waals surface area contributed by atoms with E-state index in [0.717, 1.165) is 0 Å². The normalized spacial score (nSPS) is 12.7. The molecule has 0 N–H and O–H groups in total. The molecule has 1 atom stereocenters. The summed E-state index contributed by atoms with van der Waals surface area (Å²) >= 11 is 1.35. The van der Waals surface area contributed by atoms with Crippen molar-refractivity contribution < 1.29 is 9.53 Å². The van der Waals surface area contributed by atoms with Crippen LogP contribution < -0.4 is 5.56 Å². The molecule has 1 unspecified atom stereocenters. The highest BCUT2D eigenvalue weighted by molar-refractivity contribution is 8.00. The Morgan fingerprint density at radius 3 is 2.43 bits per heavy atom. The number of thioether (sulfide) groups is 1. The Hall–Kier alpha value is -1.86. The lowest BCUT2D eigenvalue weighted by atomic mass is 10.2. The van der Waals surface area contributed by atoms with Crippen molar-refractivity contribution in [2.24, 2.45) is 0 Å². The number of nitrogens with zero attached hydrogens (tertiary/aromatic N) is 3. The van der Waals surface area contributed by atoms with Gasteiger partial charge in [-0.2, -0.15) is 0 Å². The second-order valence-corrected chi connectivity index (χ2v) is 8.72. The minimum absolute atomic E-state index is 0.0563. The number of fused-ring (bicyclic) bond motifs is 1. The number of carbonyl (C=O) groups is 1. The van der Waals surface area contributed by atoms with Gasteiger partial charge in [-0.05, 0) is 53.2 Å². The predicted molar refractivity (Wildman–Crippen MR) is 115 cm³/mol. The molecule has 0 spiro atoms. The van der Waals surface area contributed by atoms with Crippen molar-refractivity contribution in [1.82, 2.24) is 14.5 Å². The van der Waals surface area contributed by atoms with Crippen LogP contribution in [-0.4, -0.2) is 51.4 Å². The molecule has 28 heavy (non-hydrogen) atoms. The van der Waals surface area contributed by atoms with E-state index in [1.165, 1.54) is 11.8 Å². The molecule has 0 aliphatic rings. The molecule has 0 bridgehead atoms. The van der Waals surface area contributed by atoms with Crippen molar-refractivity contribution in [3.8, 4) is 0 Å². The van der Waals surface area contributed by atoms with Crippen LogP contribution in [-0.2, 0) is 16.1 Å². The van der Waals surface area contributed by atoms with Crippen molar-refractivity contribution in [3.05, 3.63) is 34.6 Å². The third-order valence-corrected chi connectivity index (χ3v) is 5.63. The Balaban J connectivity index is 2.39. The van der Waals surface area contributed by atoms with Crippen LogP contribution in [0, 0.1) is 0 Å². The molecule has 0 fully saturated rings. The topological polar surface area (TPSA) is 64.4 Å². The van der Waals surface area contributed by atoms with Gasteiger partial charge in [0.1, 0.15) is 0 Å². The number of rotatable bonds is 9. The summed E-state index contributed by atoms with van der Waals surface area (Å²) in [5, 5.41) is 0.828. The average molecular weight is 406 g/mol. The Morgan fingerprint density at radius 1 is 1.18 bits per heavy atom. The van der Waals surface area contributed by atoms with Gasteiger partial charge in [-0.15, -0.1) is 0 Å². The molecule has 0 aliphatic carbocycles. The van der Waals surface area contributed by atoms with Crippen LogP contribution in [0.5, 0.6) is 0 Å². The summed E-state index contributed by atoms with van der Waals surface area (Å²) < 4.78 is 6.80. The number of amides is 1. The first kappa shape index (κ1) is 22.4. The molecule has 1 amide bonds. The van der Waals surface area contributed by atoms with Crippen molar-refractivity contribution in [2.75, 3.05) is 13.7 Å². The monoisotopic (exact) mass is 405 g/mol. The van der Waals surface area contributed by atoms with E-state index < -0.39 is 0 Å². The summed E-state index contributed by atoms with van der Waals surface area (Å²) in [7, 11) is 1.64. The molecule has 1 heterocycles. The minimum Gasteiger partial charge on any atom is -0.385 e. The molecular weight excluding hydrogens is 374 g/mol. The molecule has 2 aromatic rings. The van der Waals surface area contributed by atoms with Crippen molar-refractivity contribution in [1.29, 1.82) is 0 Å². The summed E-state index contributed by atoms with van der Waals surface area (Å²) in [6.45, 7) is 11.0. The zero-order valence-electron chi connectivity index (χ0n) is 17.6. The lowest BCUT2D eigenvalue weighted by Gasteiger charge is -2.33. The van der Waals surface area contributed by atoms with E-state index in [1.54, 1.807) is 17.7 Å². The van der Waals surface area contributed by atoms with E-state index in [4.69, 9.17) is 9.72 Å². The Labute approximate surface area is 171 Å². The van der Waals surface area contributed by atoms with Crippen LogP contribution in [0.4, 0.5) is 0 Å². The molecule has 0 saturated carbocycles. The zero-order chi connectivity index (χ0) is 20.8. The van der Waals surface area contributed by atoms with E-state index in [0.29, 0.717) is 35.6 Å². The van der Waals surface area contributed by atoms with Crippen LogP contribution in [0.2, 0.25) is 0 Å². The van der Waals surface area contributed by atoms with Gasteiger partial charge in [-0.3, -0.25) is 14.2 Å². The summed E-state index contributed by atoms with van der Waals surface area (Å²) in [6, 6.07) is 7.56. The third-order valence-electron chi connectivity index (χ3n) is 4.55. The molecule has 154 valence electrons. The number of benzene rings is 1. The van der Waals surface area contributed by atoms with Gasteiger partial charge in [0, 0.05) is 32.3 Å². The highest BCUT2D eigenvalue weighted by atomic mass is 32.2. The number of aromatic nitrogens is 2. The fraction of sp³-hybridized carbons (Fsp3) is 0.571. The second-order valence-electron chi connectivity index (χ2n) is 7.41. The number of para-hydroxylation sites is 1. The molecule has 0 saturated heterocycles.